The molecule has 11 heteroatoms. The van der Waals surface area contributed by atoms with Crippen molar-refractivity contribution < 1.29 is 17.9 Å². The summed E-state index contributed by atoms with van der Waals surface area (Å²) in [5.41, 5.74) is -1.37. The number of aromatic hydroxyl groups is 1. The molecule has 29 heavy (non-hydrogen) atoms. The summed E-state index contributed by atoms with van der Waals surface area (Å²) < 4.78 is 31.7. The van der Waals surface area contributed by atoms with Gasteiger partial charge < -0.3 is 20.2 Å². The van der Waals surface area contributed by atoms with Crippen LogP contribution in [0.15, 0.2) is 35.7 Å². The van der Waals surface area contributed by atoms with Crippen LogP contribution in [-0.2, 0) is 16.6 Å². The van der Waals surface area contributed by atoms with E-state index in [1.54, 1.807) is 32.9 Å². The van der Waals surface area contributed by atoms with Crippen LogP contribution in [0.4, 0.5) is 17.1 Å². The number of rotatable bonds is 9. The third-order valence-corrected chi connectivity index (χ3v) is 7.96. The molecule has 0 unspecified atom stereocenters. The van der Waals surface area contributed by atoms with Crippen LogP contribution in [0.2, 0.25) is 0 Å². The summed E-state index contributed by atoms with van der Waals surface area (Å²) in [6, 6.07) is 3.52. The fraction of sp³-hybridized carbons (Fsp3) is 0.333. The van der Waals surface area contributed by atoms with Crippen molar-refractivity contribution in [3.8, 4) is 5.75 Å². The number of aryl methyl sites for hydroxylation is 1. The van der Waals surface area contributed by atoms with Gasteiger partial charge in [-0.05, 0) is 19.1 Å². The van der Waals surface area contributed by atoms with Crippen molar-refractivity contribution in [1.29, 1.82) is 0 Å². The summed E-state index contributed by atoms with van der Waals surface area (Å²) in [6.07, 6.45) is 0. The second-order valence-corrected chi connectivity index (χ2v) is 9.29. The highest BCUT2D eigenvalue weighted by molar-refractivity contribution is 7.91. The lowest BCUT2D eigenvalue weighted by Crippen LogP contribution is -2.36. The number of thiophene rings is 1. The Morgan fingerprint density at radius 1 is 1.14 bits per heavy atom. The van der Waals surface area contributed by atoms with E-state index in [0.717, 1.165) is 17.1 Å². The largest absolute Gasteiger partial charge is 0.504 e. The molecule has 9 nitrogen and oxygen atoms in total. The van der Waals surface area contributed by atoms with E-state index in [1.807, 2.05) is 0 Å². The first-order valence-electron chi connectivity index (χ1n) is 8.90. The number of hydrogen-bond acceptors (Lipinski definition) is 9. The average molecular weight is 440 g/mol. The number of anilines is 3. The van der Waals surface area contributed by atoms with Crippen molar-refractivity contribution in [1.82, 2.24) is 4.31 Å². The van der Waals surface area contributed by atoms with Crippen molar-refractivity contribution in [3.63, 3.8) is 0 Å². The molecule has 156 valence electrons. The van der Waals surface area contributed by atoms with Crippen LogP contribution in [0.1, 0.15) is 25.4 Å². The van der Waals surface area contributed by atoms with E-state index in [9.17, 15) is 23.1 Å². The molecule has 0 fully saturated rings. The second-order valence-electron chi connectivity index (χ2n) is 6.27. The lowest BCUT2D eigenvalue weighted by molar-refractivity contribution is 0.434. The molecule has 2 heterocycles. The van der Waals surface area contributed by atoms with E-state index >= 15 is 0 Å². The molecule has 3 N–H and O–H groups in total. The third kappa shape index (κ3) is 3.80. The maximum Gasteiger partial charge on any atom is 0.256 e. The highest BCUT2D eigenvalue weighted by atomic mass is 32.2. The van der Waals surface area contributed by atoms with Crippen LogP contribution in [0.25, 0.3) is 0 Å². The smallest absolute Gasteiger partial charge is 0.256 e. The average Bonchev–Trinajstić information content (AvgIpc) is 3.27. The van der Waals surface area contributed by atoms with Crippen molar-refractivity contribution in [3.05, 3.63) is 49.5 Å². The number of hydrogen-bond donors (Lipinski definition) is 3. The standard InChI is InChI=1S/C18H21N3O6S2/c1-4-21(5-2)29(25,26)18-15(22)12(9-28-18)20-14-13(16(23)17(14)24)19-8-11-7-6-10(3)27-11/h6-7,9,19-20,22H,4-5,8H2,1-3H3. The van der Waals surface area contributed by atoms with E-state index in [0.29, 0.717) is 5.76 Å². The third-order valence-electron chi connectivity index (χ3n) is 4.42. The highest BCUT2D eigenvalue weighted by Crippen LogP contribution is 2.40. The van der Waals surface area contributed by atoms with Gasteiger partial charge in [-0.1, -0.05) is 13.8 Å². The molecule has 0 aliphatic rings. The Balaban J connectivity index is 1.83. The maximum atomic E-state index is 12.6. The van der Waals surface area contributed by atoms with E-state index in [1.165, 1.54) is 9.69 Å². The Kier molecular flexibility index (Phi) is 5.82. The summed E-state index contributed by atoms with van der Waals surface area (Å²) in [5.74, 6) is 0.824. The Hall–Kier alpha value is -2.63. The van der Waals surface area contributed by atoms with Gasteiger partial charge in [-0.3, -0.25) is 9.59 Å². The van der Waals surface area contributed by atoms with Crippen LogP contribution < -0.4 is 21.5 Å². The van der Waals surface area contributed by atoms with Crippen molar-refractivity contribution in [2.24, 2.45) is 0 Å². The Labute approximate surface area is 171 Å². The normalized spacial score (nSPS) is 12.0. The molecule has 0 spiro atoms. The number of sulfonamides is 1. The summed E-state index contributed by atoms with van der Waals surface area (Å²) >= 11 is 0.839. The van der Waals surface area contributed by atoms with Gasteiger partial charge in [-0.25, -0.2) is 8.42 Å². The SMILES string of the molecule is CCN(CC)S(=O)(=O)c1scc(Nc2c(NCc3ccc(C)o3)c(=O)c2=O)c1O. The Morgan fingerprint density at radius 2 is 1.79 bits per heavy atom. The van der Waals surface area contributed by atoms with Crippen molar-refractivity contribution in [2.75, 3.05) is 23.7 Å². The molecule has 1 aromatic carbocycles. The van der Waals surface area contributed by atoms with Gasteiger partial charge >= 0.3 is 0 Å². The van der Waals surface area contributed by atoms with Crippen LogP contribution in [-0.4, -0.2) is 30.9 Å². The molecular weight excluding hydrogens is 418 g/mol. The minimum Gasteiger partial charge on any atom is -0.504 e. The van der Waals surface area contributed by atoms with Crippen LogP contribution >= 0.6 is 11.3 Å². The van der Waals surface area contributed by atoms with E-state index in [2.05, 4.69) is 10.6 Å². The Bertz CT molecular complexity index is 1200. The zero-order valence-electron chi connectivity index (χ0n) is 16.1. The highest BCUT2D eigenvalue weighted by Gasteiger charge is 2.30. The molecule has 0 bridgehead atoms. The number of furan rings is 1. The summed E-state index contributed by atoms with van der Waals surface area (Å²) in [4.78, 5) is 23.9. The van der Waals surface area contributed by atoms with Gasteiger partial charge in [0.2, 0.25) is 0 Å². The molecule has 0 radical (unpaired) electrons. The zero-order valence-corrected chi connectivity index (χ0v) is 17.7. The number of nitrogens with one attached hydrogen (secondary N) is 2. The molecule has 0 aliphatic heterocycles. The number of nitrogens with zero attached hydrogens (tertiary/aromatic N) is 1. The minimum absolute atomic E-state index is 0.0295. The van der Waals surface area contributed by atoms with Crippen LogP contribution in [0, 0.1) is 6.92 Å². The van der Waals surface area contributed by atoms with E-state index in [4.69, 9.17) is 4.42 Å². The molecule has 3 aromatic rings. The molecule has 0 saturated heterocycles. The van der Waals surface area contributed by atoms with Gasteiger partial charge in [0.1, 0.15) is 22.9 Å². The molecule has 0 amide bonds. The fourth-order valence-electron chi connectivity index (χ4n) is 2.86. The van der Waals surface area contributed by atoms with Gasteiger partial charge in [-0.15, -0.1) is 11.3 Å². The van der Waals surface area contributed by atoms with Crippen LogP contribution in [0.3, 0.4) is 0 Å². The van der Waals surface area contributed by atoms with Gasteiger partial charge in [0.25, 0.3) is 20.9 Å². The lowest BCUT2D eigenvalue weighted by Gasteiger charge is -2.17. The molecule has 0 aliphatic carbocycles. The zero-order chi connectivity index (χ0) is 21.3. The molecule has 0 saturated carbocycles. The predicted octanol–water partition coefficient (Wildman–Crippen LogP) is 2.34. The van der Waals surface area contributed by atoms with E-state index < -0.39 is 26.6 Å². The minimum atomic E-state index is -3.85. The molecule has 0 atom stereocenters. The predicted molar refractivity (Wildman–Crippen MR) is 111 cm³/mol. The van der Waals surface area contributed by atoms with Gasteiger partial charge in [0.05, 0.1) is 12.2 Å². The monoisotopic (exact) mass is 439 g/mol. The quantitative estimate of drug-likeness (QED) is 0.433. The van der Waals surface area contributed by atoms with E-state index in [-0.39, 0.29) is 40.9 Å². The summed E-state index contributed by atoms with van der Waals surface area (Å²) in [5, 5.41) is 17.3. The first kappa shape index (κ1) is 21.1. The van der Waals surface area contributed by atoms with Gasteiger partial charge in [-0.2, -0.15) is 4.31 Å². The van der Waals surface area contributed by atoms with Crippen molar-refractivity contribution in [2.45, 2.75) is 31.5 Å². The van der Waals surface area contributed by atoms with Gasteiger partial charge in [0.15, 0.2) is 9.96 Å². The van der Waals surface area contributed by atoms with Crippen molar-refractivity contribution >= 4 is 38.4 Å². The Morgan fingerprint density at radius 3 is 2.38 bits per heavy atom. The summed E-state index contributed by atoms with van der Waals surface area (Å²) in [7, 11) is -3.85. The first-order chi connectivity index (χ1) is 13.7. The fourth-order valence-corrected chi connectivity index (χ4v) is 5.69. The molecule has 2 aromatic heterocycles. The lowest BCUT2D eigenvalue weighted by atomic mass is 10.2. The topological polar surface area (TPSA) is 129 Å². The first-order valence-corrected chi connectivity index (χ1v) is 11.2. The molecular formula is C18H21N3O6S2. The summed E-state index contributed by atoms with van der Waals surface area (Å²) in [6.45, 7) is 5.91. The maximum absolute atomic E-state index is 12.6. The second kappa shape index (κ2) is 8.01. The van der Waals surface area contributed by atoms with Gasteiger partial charge in [0, 0.05) is 18.5 Å². The van der Waals surface area contributed by atoms with Crippen LogP contribution in [0.5, 0.6) is 5.75 Å². The molecule has 3 rings (SSSR count).